The lowest BCUT2D eigenvalue weighted by atomic mass is 9.72. The predicted octanol–water partition coefficient (Wildman–Crippen LogP) is 5.38. The van der Waals surface area contributed by atoms with Gasteiger partial charge in [0.2, 0.25) is 0 Å². The van der Waals surface area contributed by atoms with Crippen LogP contribution in [0, 0.1) is 0 Å². The van der Waals surface area contributed by atoms with E-state index < -0.39 is 5.60 Å². The summed E-state index contributed by atoms with van der Waals surface area (Å²) in [4.78, 5) is 13.7. The number of rotatable bonds is 7. The molecule has 0 aliphatic carbocycles. The summed E-state index contributed by atoms with van der Waals surface area (Å²) in [7, 11) is 1.59. The van der Waals surface area contributed by atoms with Gasteiger partial charge >= 0.3 is 0 Å². The molecule has 3 rings (SSSR count). The van der Waals surface area contributed by atoms with Crippen molar-refractivity contribution in [1.29, 1.82) is 0 Å². The van der Waals surface area contributed by atoms with Crippen LogP contribution in [0.15, 0.2) is 104 Å². The maximum absolute atomic E-state index is 13.7. The number of hydrogen-bond acceptors (Lipinski definition) is 2. The molecule has 3 aromatic rings. The van der Waals surface area contributed by atoms with Gasteiger partial charge in [-0.1, -0.05) is 97.1 Å². The van der Waals surface area contributed by atoms with Gasteiger partial charge in [-0.2, -0.15) is 0 Å². The van der Waals surface area contributed by atoms with E-state index in [1.807, 2.05) is 91.0 Å². The quantitative estimate of drug-likeness (QED) is 0.425. The Hall–Kier alpha value is -2.97. The third-order valence-electron chi connectivity index (χ3n) is 4.73. The molecule has 0 radical (unpaired) electrons. The standard InChI is InChI=1S/C24H22O2/c1-3-22(19-13-7-4-8-14-19)24(26-2,21-17-11-6-12-18-21)23(25)20-15-9-5-10-16-20/h3-18,22H,1H2,2H3/t22-,24+/m1/s1. The van der Waals surface area contributed by atoms with Crippen LogP contribution < -0.4 is 0 Å². The fraction of sp³-hybridized carbons (Fsp3) is 0.125. The minimum atomic E-state index is -1.19. The third kappa shape index (κ3) is 3.12. The molecule has 0 heterocycles. The minimum absolute atomic E-state index is 0.0828. The van der Waals surface area contributed by atoms with Crippen LogP contribution in [0.3, 0.4) is 0 Å². The van der Waals surface area contributed by atoms with E-state index in [0.717, 1.165) is 11.1 Å². The van der Waals surface area contributed by atoms with E-state index in [9.17, 15) is 4.79 Å². The van der Waals surface area contributed by atoms with E-state index in [0.29, 0.717) is 5.56 Å². The summed E-state index contributed by atoms with van der Waals surface area (Å²) in [6.07, 6.45) is 1.80. The molecular weight excluding hydrogens is 320 g/mol. The molecule has 0 aliphatic rings. The molecule has 26 heavy (non-hydrogen) atoms. The predicted molar refractivity (Wildman–Crippen MR) is 105 cm³/mol. The molecule has 2 heteroatoms. The zero-order valence-corrected chi connectivity index (χ0v) is 14.8. The Morgan fingerprint density at radius 2 is 1.38 bits per heavy atom. The van der Waals surface area contributed by atoms with Gasteiger partial charge in [0, 0.05) is 18.6 Å². The Morgan fingerprint density at radius 3 is 1.88 bits per heavy atom. The van der Waals surface area contributed by atoms with Crippen molar-refractivity contribution in [3.8, 4) is 0 Å². The van der Waals surface area contributed by atoms with E-state index in [1.54, 1.807) is 13.2 Å². The number of ether oxygens (including phenoxy) is 1. The summed E-state index contributed by atoms with van der Waals surface area (Å²) in [6, 6.07) is 28.8. The van der Waals surface area contributed by atoms with Crippen molar-refractivity contribution in [2.75, 3.05) is 7.11 Å². The lowest BCUT2D eigenvalue weighted by Crippen LogP contribution is -2.43. The summed E-state index contributed by atoms with van der Waals surface area (Å²) in [5.74, 6) is -0.413. The van der Waals surface area contributed by atoms with Crippen LogP contribution in [0.25, 0.3) is 0 Å². The van der Waals surface area contributed by atoms with Crippen molar-refractivity contribution in [2.24, 2.45) is 0 Å². The van der Waals surface area contributed by atoms with Crippen LogP contribution in [-0.4, -0.2) is 12.9 Å². The minimum Gasteiger partial charge on any atom is -0.364 e. The number of methoxy groups -OCH3 is 1. The molecule has 0 amide bonds. The Kier molecular flexibility index (Phi) is 5.45. The zero-order valence-electron chi connectivity index (χ0n) is 14.8. The molecular formula is C24H22O2. The van der Waals surface area contributed by atoms with Crippen LogP contribution in [0.4, 0.5) is 0 Å². The Balaban J connectivity index is 2.24. The lowest BCUT2D eigenvalue weighted by molar-refractivity contribution is -0.00993. The first kappa shape index (κ1) is 17.8. The largest absolute Gasteiger partial charge is 0.364 e. The smallest absolute Gasteiger partial charge is 0.200 e. The second-order valence-corrected chi connectivity index (χ2v) is 6.13. The number of benzene rings is 3. The van der Waals surface area contributed by atoms with Crippen LogP contribution in [0.5, 0.6) is 0 Å². The number of Topliss-reactive ketones (excluding diaryl/α,β-unsaturated/α-hetero) is 1. The average molecular weight is 342 g/mol. The van der Waals surface area contributed by atoms with Crippen LogP contribution >= 0.6 is 0 Å². The fourth-order valence-corrected chi connectivity index (χ4v) is 3.48. The Labute approximate surface area is 154 Å². The van der Waals surface area contributed by atoms with Crippen LogP contribution in [0.2, 0.25) is 0 Å². The summed E-state index contributed by atoms with van der Waals surface area (Å²) < 4.78 is 6.03. The molecule has 3 aromatic carbocycles. The maximum Gasteiger partial charge on any atom is 0.200 e. The fourth-order valence-electron chi connectivity index (χ4n) is 3.48. The highest BCUT2D eigenvalue weighted by atomic mass is 16.5. The van der Waals surface area contributed by atoms with Gasteiger partial charge in [-0.05, 0) is 11.1 Å². The lowest BCUT2D eigenvalue weighted by Gasteiger charge is -2.38. The van der Waals surface area contributed by atoms with Crippen LogP contribution in [-0.2, 0) is 10.3 Å². The van der Waals surface area contributed by atoms with Crippen molar-refractivity contribution in [1.82, 2.24) is 0 Å². The monoisotopic (exact) mass is 342 g/mol. The number of carbonyl (C=O) groups excluding carboxylic acids is 1. The third-order valence-corrected chi connectivity index (χ3v) is 4.73. The normalized spacial score (nSPS) is 14.2. The van der Waals surface area contributed by atoms with E-state index in [-0.39, 0.29) is 11.7 Å². The van der Waals surface area contributed by atoms with E-state index in [2.05, 4.69) is 6.58 Å². The molecule has 2 atom stereocenters. The molecule has 2 nitrogen and oxygen atoms in total. The Morgan fingerprint density at radius 1 is 0.885 bits per heavy atom. The second kappa shape index (κ2) is 7.94. The molecule has 130 valence electrons. The molecule has 0 aromatic heterocycles. The topological polar surface area (TPSA) is 26.3 Å². The summed E-state index contributed by atoms with van der Waals surface area (Å²) in [5.41, 5.74) is 1.22. The van der Waals surface area contributed by atoms with Gasteiger partial charge in [-0.15, -0.1) is 6.58 Å². The molecule has 0 bridgehead atoms. The van der Waals surface area contributed by atoms with E-state index in [1.165, 1.54) is 0 Å². The maximum atomic E-state index is 13.7. The summed E-state index contributed by atoms with van der Waals surface area (Å²) in [6.45, 7) is 4.02. The van der Waals surface area contributed by atoms with Crippen molar-refractivity contribution in [2.45, 2.75) is 11.5 Å². The summed E-state index contributed by atoms with van der Waals surface area (Å²) in [5, 5.41) is 0. The average Bonchev–Trinajstić information content (AvgIpc) is 2.73. The molecule has 0 fully saturated rings. The van der Waals surface area contributed by atoms with Gasteiger partial charge < -0.3 is 4.74 Å². The van der Waals surface area contributed by atoms with Gasteiger partial charge in [0.1, 0.15) is 0 Å². The van der Waals surface area contributed by atoms with Crippen molar-refractivity contribution < 1.29 is 9.53 Å². The molecule has 0 saturated carbocycles. The second-order valence-electron chi connectivity index (χ2n) is 6.13. The van der Waals surface area contributed by atoms with E-state index in [4.69, 9.17) is 4.74 Å². The molecule has 0 unspecified atom stereocenters. The van der Waals surface area contributed by atoms with Crippen molar-refractivity contribution in [3.63, 3.8) is 0 Å². The first-order chi connectivity index (χ1) is 12.7. The highest BCUT2D eigenvalue weighted by Crippen LogP contribution is 2.43. The summed E-state index contributed by atoms with van der Waals surface area (Å²) >= 11 is 0. The van der Waals surface area contributed by atoms with Gasteiger partial charge in [-0.3, -0.25) is 4.79 Å². The molecule has 0 aliphatic heterocycles. The van der Waals surface area contributed by atoms with Crippen molar-refractivity contribution in [3.05, 3.63) is 120 Å². The molecule has 0 saturated heterocycles. The van der Waals surface area contributed by atoms with Crippen molar-refractivity contribution >= 4 is 5.78 Å². The van der Waals surface area contributed by atoms with Gasteiger partial charge in [-0.25, -0.2) is 0 Å². The van der Waals surface area contributed by atoms with Gasteiger partial charge in [0.05, 0.1) is 0 Å². The highest BCUT2D eigenvalue weighted by molar-refractivity contribution is 6.04. The molecule has 0 N–H and O–H groups in total. The van der Waals surface area contributed by atoms with E-state index >= 15 is 0 Å². The first-order valence-electron chi connectivity index (χ1n) is 8.62. The SMILES string of the molecule is C=C[C@H](c1ccccc1)[C@](OC)(C(=O)c1ccccc1)c1ccccc1. The molecule has 0 spiro atoms. The van der Waals surface area contributed by atoms with Gasteiger partial charge in [0.15, 0.2) is 11.4 Å². The van der Waals surface area contributed by atoms with Gasteiger partial charge in [0.25, 0.3) is 0 Å². The highest BCUT2D eigenvalue weighted by Gasteiger charge is 2.47. The number of carbonyl (C=O) groups is 1. The van der Waals surface area contributed by atoms with Crippen LogP contribution in [0.1, 0.15) is 27.4 Å². The first-order valence-corrected chi connectivity index (χ1v) is 8.62. The zero-order chi connectivity index (χ0) is 18.4. The number of ketones is 1. The Bertz CT molecular complexity index is 856. The number of hydrogen-bond donors (Lipinski definition) is 0.